The Bertz CT molecular complexity index is 1300. The minimum absolute atomic E-state index is 0.349. The molecule has 0 bridgehead atoms. The first kappa shape index (κ1) is 14.8. The van der Waals surface area contributed by atoms with Crippen molar-refractivity contribution in [3.05, 3.63) is 84.4 Å². The molecule has 0 radical (unpaired) electrons. The fraction of sp³-hybridized carbons (Fsp3) is 0.0417. The molecule has 0 aliphatic rings. The maximum Gasteiger partial charge on any atom is 0.235 e. The van der Waals surface area contributed by atoms with Crippen LogP contribution in [0, 0.1) is 0 Å². The summed E-state index contributed by atoms with van der Waals surface area (Å²) in [5.41, 5.74) is 3.32. The van der Waals surface area contributed by atoms with Gasteiger partial charge in [-0.05, 0) is 49.0 Å². The van der Waals surface area contributed by atoms with E-state index in [0.29, 0.717) is 6.54 Å². The second-order valence-corrected chi connectivity index (χ2v) is 6.53. The molecule has 26 heavy (non-hydrogen) atoms. The highest BCUT2D eigenvalue weighted by molar-refractivity contribution is 6.25. The molecule has 0 amide bonds. The first-order chi connectivity index (χ1) is 12.9. The van der Waals surface area contributed by atoms with Gasteiger partial charge in [-0.3, -0.25) is 0 Å². The zero-order chi connectivity index (χ0) is 17.5. The quantitative estimate of drug-likeness (QED) is 0.223. The molecule has 0 aliphatic heterocycles. The molecule has 0 spiro atoms. The van der Waals surface area contributed by atoms with Crippen LogP contribution < -0.4 is 0 Å². The van der Waals surface area contributed by atoms with Crippen LogP contribution in [-0.2, 0) is 11.3 Å². The van der Waals surface area contributed by atoms with E-state index in [1.807, 2.05) is 18.2 Å². The van der Waals surface area contributed by atoms with Crippen LogP contribution in [0.2, 0.25) is 0 Å². The summed E-state index contributed by atoms with van der Waals surface area (Å²) < 4.78 is 0. The van der Waals surface area contributed by atoms with Gasteiger partial charge in [0.1, 0.15) is 0 Å². The maximum absolute atomic E-state index is 10.6. The molecule has 0 atom stereocenters. The Morgan fingerprint density at radius 1 is 0.654 bits per heavy atom. The SMILES string of the molecule is O=C=NCc1ccccc1-c1ccc2ccc3cccc4ccc1c2c34. The van der Waals surface area contributed by atoms with Crippen molar-refractivity contribution in [2.24, 2.45) is 4.99 Å². The van der Waals surface area contributed by atoms with E-state index in [-0.39, 0.29) is 0 Å². The van der Waals surface area contributed by atoms with Crippen LogP contribution in [0.1, 0.15) is 5.56 Å². The second kappa shape index (κ2) is 5.80. The van der Waals surface area contributed by atoms with E-state index in [1.54, 1.807) is 6.08 Å². The third-order valence-electron chi connectivity index (χ3n) is 5.15. The van der Waals surface area contributed by atoms with E-state index in [0.717, 1.165) is 11.1 Å². The summed E-state index contributed by atoms with van der Waals surface area (Å²) in [5.74, 6) is 0. The lowest BCUT2D eigenvalue weighted by atomic mass is 9.88. The van der Waals surface area contributed by atoms with Crippen LogP contribution in [-0.4, -0.2) is 6.08 Å². The molecular formula is C24H15NO. The van der Waals surface area contributed by atoms with E-state index in [1.165, 1.54) is 37.9 Å². The standard InChI is InChI=1S/C24H15NO/c26-15-25-14-19-4-1-2-7-20(19)21-12-10-18-9-8-16-5-3-6-17-11-13-22(21)24(18)23(16)17/h1-13H,14H2. The first-order valence-corrected chi connectivity index (χ1v) is 8.65. The molecule has 2 nitrogen and oxygen atoms in total. The van der Waals surface area contributed by atoms with E-state index in [2.05, 4.69) is 65.7 Å². The fourth-order valence-corrected chi connectivity index (χ4v) is 4.01. The van der Waals surface area contributed by atoms with Gasteiger partial charge in [-0.1, -0.05) is 78.9 Å². The molecule has 0 heterocycles. The van der Waals surface area contributed by atoms with Crippen molar-refractivity contribution in [2.75, 3.05) is 0 Å². The van der Waals surface area contributed by atoms with Gasteiger partial charge in [0.15, 0.2) is 0 Å². The predicted molar refractivity (Wildman–Crippen MR) is 107 cm³/mol. The van der Waals surface area contributed by atoms with Crippen LogP contribution in [0.25, 0.3) is 43.4 Å². The Morgan fingerprint density at radius 3 is 2.15 bits per heavy atom. The van der Waals surface area contributed by atoms with E-state index in [4.69, 9.17) is 0 Å². The molecule has 122 valence electrons. The Hall–Kier alpha value is -3.48. The lowest BCUT2D eigenvalue weighted by molar-refractivity contribution is 0.563. The number of isocyanates is 1. The van der Waals surface area contributed by atoms with Crippen molar-refractivity contribution in [1.29, 1.82) is 0 Å². The number of hydrogen-bond donors (Lipinski definition) is 0. The van der Waals surface area contributed by atoms with Crippen molar-refractivity contribution in [1.82, 2.24) is 0 Å². The van der Waals surface area contributed by atoms with E-state index in [9.17, 15) is 4.79 Å². The summed E-state index contributed by atoms with van der Waals surface area (Å²) in [6.45, 7) is 0.349. The highest BCUT2D eigenvalue weighted by atomic mass is 16.1. The van der Waals surface area contributed by atoms with Gasteiger partial charge in [0, 0.05) is 0 Å². The van der Waals surface area contributed by atoms with Gasteiger partial charge >= 0.3 is 0 Å². The number of rotatable bonds is 3. The number of benzene rings is 5. The van der Waals surface area contributed by atoms with Crippen LogP contribution in [0.4, 0.5) is 0 Å². The molecule has 0 fully saturated rings. The van der Waals surface area contributed by atoms with Crippen LogP contribution in [0.5, 0.6) is 0 Å². The Morgan fingerprint density at radius 2 is 1.35 bits per heavy atom. The van der Waals surface area contributed by atoms with Gasteiger partial charge < -0.3 is 0 Å². The maximum atomic E-state index is 10.6. The van der Waals surface area contributed by atoms with Gasteiger partial charge in [0.25, 0.3) is 0 Å². The molecule has 5 rings (SSSR count). The fourth-order valence-electron chi connectivity index (χ4n) is 4.01. The smallest absolute Gasteiger partial charge is 0.211 e. The summed E-state index contributed by atoms with van der Waals surface area (Å²) in [5, 5.41) is 7.61. The highest BCUT2D eigenvalue weighted by Crippen LogP contribution is 2.39. The van der Waals surface area contributed by atoms with Crippen molar-refractivity contribution in [3.63, 3.8) is 0 Å². The second-order valence-electron chi connectivity index (χ2n) is 6.53. The predicted octanol–water partition coefficient (Wildman–Crippen LogP) is 6.09. The monoisotopic (exact) mass is 333 g/mol. The van der Waals surface area contributed by atoms with Gasteiger partial charge in [0.2, 0.25) is 6.08 Å². The number of aliphatic imine (C=N–C) groups is 1. The van der Waals surface area contributed by atoms with Crippen molar-refractivity contribution >= 4 is 38.4 Å². The molecule has 0 unspecified atom stereocenters. The summed E-state index contributed by atoms with van der Waals surface area (Å²) in [4.78, 5) is 14.4. The largest absolute Gasteiger partial charge is 0.235 e. The van der Waals surface area contributed by atoms with E-state index < -0.39 is 0 Å². The molecule has 2 heteroatoms. The zero-order valence-corrected chi connectivity index (χ0v) is 14.1. The van der Waals surface area contributed by atoms with Crippen LogP contribution in [0.3, 0.4) is 0 Å². The Kier molecular flexibility index (Phi) is 3.31. The third-order valence-corrected chi connectivity index (χ3v) is 5.15. The van der Waals surface area contributed by atoms with Gasteiger partial charge in [0.05, 0.1) is 6.54 Å². The molecule has 0 saturated heterocycles. The molecule has 0 aliphatic carbocycles. The number of carbonyl (C=O) groups excluding carboxylic acids is 1. The molecule has 5 aromatic carbocycles. The van der Waals surface area contributed by atoms with Crippen molar-refractivity contribution in [3.8, 4) is 11.1 Å². The topological polar surface area (TPSA) is 29.4 Å². The minimum Gasteiger partial charge on any atom is -0.211 e. The summed E-state index contributed by atoms with van der Waals surface area (Å²) in [7, 11) is 0. The van der Waals surface area contributed by atoms with Crippen LogP contribution in [0.15, 0.2) is 83.9 Å². The summed E-state index contributed by atoms with van der Waals surface area (Å²) in [6.07, 6.45) is 1.65. The van der Waals surface area contributed by atoms with Gasteiger partial charge in [-0.2, -0.15) is 0 Å². The molecule has 0 saturated carbocycles. The Balaban J connectivity index is 1.89. The Labute approximate surface area is 150 Å². The lowest BCUT2D eigenvalue weighted by Gasteiger charge is -2.15. The molecular weight excluding hydrogens is 318 g/mol. The molecule has 0 N–H and O–H groups in total. The minimum atomic E-state index is 0.349. The zero-order valence-electron chi connectivity index (χ0n) is 14.1. The normalized spacial score (nSPS) is 11.2. The average molecular weight is 333 g/mol. The number of hydrogen-bond acceptors (Lipinski definition) is 2. The van der Waals surface area contributed by atoms with Crippen LogP contribution >= 0.6 is 0 Å². The van der Waals surface area contributed by atoms with Gasteiger partial charge in [-0.15, -0.1) is 0 Å². The number of nitrogens with zero attached hydrogens (tertiary/aromatic N) is 1. The summed E-state index contributed by atoms with van der Waals surface area (Å²) >= 11 is 0. The van der Waals surface area contributed by atoms with E-state index >= 15 is 0 Å². The third kappa shape index (κ3) is 2.13. The first-order valence-electron chi connectivity index (χ1n) is 8.65. The molecule has 5 aromatic rings. The summed E-state index contributed by atoms with van der Waals surface area (Å²) in [6, 6.07) is 27.7. The highest BCUT2D eigenvalue weighted by Gasteiger charge is 2.13. The van der Waals surface area contributed by atoms with Crippen molar-refractivity contribution < 1.29 is 4.79 Å². The van der Waals surface area contributed by atoms with Gasteiger partial charge in [-0.25, -0.2) is 9.79 Å². The van der Waals surface area contributed by atoms with Crippen molar-refractivity contribution in [2.45, 2.75) is 6.54 Å². The molecule has 0 aromatic heterocycles. The lowest BCUT2D eigenvalue weighted by Crippen LogP contribution is -1.91. The average Bonchev–Trinajstić information content (AvgIpc) is 2.71.